The van der Waals surface area contributed by atoms with Crippen LogP contribution in [0, 0.1) is 0 Å². The van der Waals surface area contributed by atoms with E-state index >= 15 is 0 Å². The minimum absolute atomic E-state index is 0.456. The van der Waals surface area contributed by atoms with E-state index in [-0.39, 0.29) is 0 Å². The van der Waals surface area contributed by atoms with Gasteiger partial charge in [-0.2, -0.15) is 0 Å². The highest BCUT2D eigenvalue weighted by molar-refractivity contribution is 5.34. The summed E-state index contributed by atoms with van der Waals surface area (Å²) in [6.45, 7) is 2.81. The predicted molar refractivity (Wildman–Crippen MR) is 69.1 cm³/mol. The Bertz CT molecular complexity index is 396. The van der Waals surface area contributed by atoms with Crippen molar-refractivity contribution in [3.05, 3.63) is 41.5 Å². The van der Waals surface area contributed by atoms with Gasteiger partial charge in [0.25, 0.3) is 0 Å². The van der Waals surface area contributed by atoms with Crippen molar-refractivity contribution in [2.75, 3.05) is 6.61 Å². The van der Waals surface area contributed by atoms with Crippen molar-refractivity contribution in [2.24, 2.45) is 0 Å². The van der Waals surface area contributed by atoms with Gasteiger partial charge in [-0.25, -0.2) is 0 Å². The van der Waals surface area contributed by atoms with Crippen LogP contribution in [0.5, 0.6) is 5.75 Å². The van der Waals surface area contributed by atoms with Crippen molar-refractivity contribution in [3.63, 3.8) is 0 Å². The molecule has 1 N–H and O–H groups in total. The average Bonchev–Trinajstić information content (AvgIpc) is 2.89. The van der Waals surface area contributed by atoms with E-state index in [0.717, 1.165) is 42.8 Å². The van der Waals surface area contributed by atoms with Crippen LogP contribution in [0.25, 0.3) is 0 Å². The Balaban J connectivity index is 2.09. The molecule has 1 atom stereocenters. The van der Waals surface area contributed by atoms with Gasteiger partial charge in [-0.05, 0) is 49.0 Å². The lowest BCUT2D eigenvalue weighted by molar-refractivity contribution is 0.212. The minimum atomic E-state index is -0.456. The fourth-order valence-electron chi connectivity index (χ4n) is 2.15. The Kier molecular flexibility index (Phi) is 4.21. The van der Waals surface area contributed by atoms with Gasteiger partial charge in [0.05, 0.1) is 6.61 Å². The second-order valence-corrected chi connectivity index (χ2v) is 4.49. The monoisotopic (exact) mass is 232 g/mol. The molecule has 17 heavy (non-hydrogen) atoms. The molecule has 1 aromatic carbocycles. The molecule has 2 heteroatoms. The van der Waals surface area contributed by atoms with E-state index in [4.69, 9.17) is 4.74 Å². The topological polar surface area (TPSA) is 29.5 Å². The zero-order valence-electron chi connectivity index (χ0n) is 10.4. The molecule has 2 nitrogen and oxygen atoms in total. The molecule has 92 valence electrons. The highest BCUT2D eigenvalue weighted by Crippen LogP contribution is 2.31. The highest BCUT2D eigenvalue weighted by atomic mass is 16.5. The quantitative estimate of drug-likeness (QED) is 0.786. The molecule has 0 spiro atoms. The Hall–Kier alpha value is -1.28. The van der Waals surface area contributed by atoms with Crippen molar-refractivity contribution < 1.29 is 9.84 Å². The van der Waals surface area contributed by atoms with Crippen LogP contribution >= 0.6 is 0 Å². The lowest BCUT2D eigenvalue weighted by Gasteiger charge is -2.14. The molecule has 0 aromatic heterocycles. The first-order valence-corrected chi connectivity index (χ1v) is 6.41. The maximum absolute atomic E-state index is 10.2. The molecule has 0 radical (unpaired) electrons. The molecule has 1 aromatic rings. The van der Waals surface area contributed by atoms with Gasteiger partial charge in [-0.15, -0.1) is 0 Å². The number of benzene rings is 1. The number of allylic oxidation sites excluding steroid dienone is 1. The third-order valence-electron chi connectivity index (χ3n) is 3.07. The number of ether oxygens (including phenoxy) is 1. The fourth-order valence-corrected chi connectivity index (χ4v) is 2.15. The van der Waals surface area contributed by atoms with E-state index in [2.05, 4.69) is 13.0 Å². The number of aliphatic hydroxyl groups is 1. The van der Waals surface area contributed by atoms with E-state index in [0.29, 0.717) is 0 Å². The van der Waals surface area contributed by atoms with Crippen molar-refractivity contribution in [1.82, 2.24) is 0 Å². The largest absolute Gasteiger partial charge is 0.494 e. The highest BCUT2D eigenvalue weighted by Gasteiger charge is 2.16. The van der Waals surface area contributed by atoms with Crippen molar-refractivity contribution >= 4 is 0 Å². The number of hydrogen-bond donors (Lipinski definition) is 1. The molecule has 1 aliphatic carbocycles. The first-order chi connectivity index (χ1) is 8.31. The number of hydrogen-bond acceptors (Lipinski definition) is 2. The van der Waals surface area contributed by atoms with Crippen LogP contribution in [-0.4, -0.2) is 11.7 Å². The van der Waals surface area contributed by atoms with Crippen LogP contribution in [0.1, 0.15) is 44.3 Å². The molecule has 0 aliphatic heterocycles. The van der Waals surface area contributed by atoms with Gasteiger partial charge in [0, 0.05) is 0 Å². The summed E-state index contributed by atoms with van der Waals surface area (Å²) in [5.74, 6) is 0.849. The summed E-state index contributed by atoms with van der Waals surface area (Å²) < 4.78 is 5.58. The summed E-state index contributed by atoms with van der Waals surface area (Å²) in [6.07, 6.45) is 5.97. The first-order valence-electron chi connectivity index (χ1n) is 6.41. The normalized spacial score (nSPS) is 16.7. The average molecular weight is 232 g/mol. The summed E-state index contributed by atoms with van der Waals surface area (Å²) in [6, 6.07) is 7.79. The van der Waals surface area contributed by atoms with Crippen LogP contribution in [0.2, 0.25) is 0 Å². The van der Waals surface area contributed by atoms with Gasteiger partial charge in [0.2, 0.25) is 0 Å². The molecule has 1 aliphatic rings. The molecule has 0 saturated carbocycles. The Morgan fingerprint density at radius 3 is 3.00 bits per heavy atom. The van der Waals surface area contributed by atoms with Crippen LogP contribution in [0.4, 0.5) is 0 Å². The van der Waals surface area contributed by atoms with E-state index in [1.54, 1.807) is 0 Å². The Morgan fingerprint density at radius 1 is 1.41 bits per heavy atom. The van der Waals surface area contributed by atoms with E-state index in [1.807, 2.05) is 24.3 Å². The van der Waals surface area contributed by atoms with Crippen LogP contribution in [-0.2, 0) is 0 Å². The third-order valence-corrected chi connectivity index (χ3v) is 3.07. The summed E-state index contributed by atoms with van der Waals surface area (Å²) >= 11 is 0. The molecule has 0 saturated heterocycles. The summed E-state index contributed by atoms with van der Waals surface area (Å²) in [5, 5.41) is 10.2. The molecule has 1 unspecified atom stereocenters. The second-order valence-electron chi connectivity index (χ2n) is 4.49. The molecular formula is C15H20O2. The fraction of sp³-hybridized carbons (Fsp3) is 0.467. The smallest absolute Gasteiger partial charge is 0.119 e. The molecule has 0 bridgehead atoms. The van der Waals surface area contributed by atoms with Crippen molar-refractivity contribution in [2.45, 2.75) is 38.7 Å². The lowest BCUT2D eigenvalue weighted by atomic mass is 10.0. The third kappa shape index (κ3) is 3.10. The first kappa shape index (κ1) is 12.2. The lowest BCUT2D eigenvalue weighted by Crippen LogP contribution is -2.01. The molecular weight excluding hydrogens is 212 g/mol. The molecule has 2 rings (SSSR count). The van der Waals surface area contributed by atoms with Gasteiger partial charge < -0.3 is 9.84 Å². The van der Waals surface area contributed by atoms with Gasteiger partial charge in [0.15, 0.2) is 0 Å². The predicted octanol–water partition coefficient (Wildman–Crippen LogP) is 3.62. The SMILES string of the molecule is CCCOc1cccc(C(O)C2=CCCC2)c1. The molecule has 0 amide bonds. The van der Waals surface area contributed by atoms with Crippen LogP contribution in [0.3, 0.4) is 0 Å². The number of aliphatic hydroxyl groups excluding tert-OH is 1. The molecule has 0 heterocycles. The number of rotatable bonds is 5. The van der Waals surface area contributed by atoms with Gasteiger partial charge in [-0.1, -0.05) is 25.1 Å². The van der Waals surface area contributed by atoms with Crippen molar-refractivity contribution in [1.29, 1.82) is 0 Å². The second kappa shape index (κ2) is 5.87. The van der Waals surface area contributed by atoms with E-state index in [1.165, 1.54) is 6.42 Å². The summed E-state index contributed by atoms with van der Waals surface area (Å²) in [4.78, 5) is 0. The van der Waals surface area contributed by atoms with E-state index < -0.39 is 6.10 Å². The van der Waals surface area contributed by atoms with Gasteiger partial charge in [-0.3, -0.25) is 0 Å². The minimum Gasteiger partial charge on any atom is -0.494 e. The Labute approximate surface area is 103 Å². The van der Waals surface area contributed by atoms with Crippen LogP contribution < -0.4 is 4.74 Å². The zero-order chi connectivity index (χ0) is 12.1. The summed E-state index contributed by atoms with van der Waals surface area (Å²) in [5.41, 5.74) is 2.09. The maximum Gasteiger partial charge on any atom is 0.119 e. The van der Waals surface area contributed by atoms with Crippen molar-refractivity contribution in [3.8, 4) is 5.75 Å². The zero-order valence-corrected chi connectivity index (χ0v) is 10.4. The van der Waals surface area contributed by atoms with Gasteiger partial charge >= 0.3 is 0 Å². The standard InChI is InChI=1S/C15H20O2/c1-2-10-17-14-9-5-8-13(11-14)15(16)12-6-3-4-7-12/h5-6,8-9,11,15-16H,2-4,7,10H2,1H3. The van der Waals surface area contributed by atoms with E-state index in [9.17, 15) is 5.11 Å². The van der Waals surface area contributed by atoms with Gasteiger partial charge in [0.1, 0.15) is 11.9 Å². The summed E-state index contributed by atoms with van der Waals surface area (Å²) in [7, 11) is 0. The molecule has 0 fully saturated rings. The Morgan fingerprint density at radius 2 is 2.29 bits per heavy atom. The van der Waals surface area contributed by atoms with Crippen LogP contribution in [0.15, 0.2) is 35.9 Å². The maximum atomic E-state index is 10.2.